The van der Waals surface area contributed by atoms with Crippen LogP contribution in [0.25, 0.3) is 10.9 Å². The Morgan fingerprint density at radius 1 is 1.11 bits per heavy atom. The van der Waals surface area contributed by atoms with E-state index in [0.29, 0.717) is 13.2 Å². The second kappa shape index (κ2) is 8.49. The summed E-state index contributed by atoms with van der Waals surface area (Å²) in [4.78, 5) is 23.6. The first kappa shape index (κ1) is 22.3. The number of aromatic nitrogens is 2. The number of amides is 1. The number of halogens is 2. The Bertz CT molecular complexity index is 1280. The molecule has 1 aromatic heterocycles. The van der Waals surface area contributed by atoms with Crippen molar-refractivity contribution in [3.05, 3.63) is 53.6 Å². The maximum atomic E-state index is 13.5. The van der Waals surface area contributed by atoms with E-state index in [1.807, 2.05) is 12.1 Å². The Hall–Kier alpha value is -3.17. The van der Waals surface area contributed by atoms with E-state index < -0.39 is 5.82 Å². The minimum atomic E-state index is -0.575. The molecule has 3 saturated carbocycles. The Morgan fingerprint density at radius 3 is 2.69 bits per heavy atom. The van der Waals surface area contributed by atoms with E-state index in [1.54, 1.807) is 6.33 Å². The number of carbonyl (C=O) groups excluding carboxylic acids is 1. The van der Waals surface area contributed by atoms with Gasteiger partial charge in [-0.2, -0.15) is 0 Å². The van der Waals surface area contributed by atoms with Crippen molar-refractivity contribution in [3.8, 4) is 5.75 Å². The van der Waals surface area contributed by atoms with Crippen LogP contribution >= 0.6 is 11.6 Å². The second-order valence-corrected chi connectivity index (χ2v) is 10.1. The number of benzene rings is 2. The molecule has 3 aliphatic carbocycles. The number of hydrogen-bond acceptors (Lipinski definition) is 7. The first-order valence-electron chi connectivity index (χ1n) is 11.7. The van der Waals surface area contributed by atoms with Gasteiger partial charge in [0.15, 0.2) is 6.61 Å². The van der Waals surface area contributed by atoms with Gasteiger partial charge in [0, 0.05) is 41.3 Å². The van der Waals surface area contributed by atoms with Crippen molar-refractivity contribution in [2.75, 3.05) is 43.1 Å². The van der Waals surface area contributed by atoms with Crippen LogP contribution in [0.3, 0.4) is 0 Å². The molecule has 1 saturated heterocycles. The van der Waals surface area contributed by atoms with Crippen LogP contribution in [0.1, 0.15) is 19.3 Å². The van der Waals surface area contributed by atoms with Crippen molar-refractivity contribution < 1.29 is 18.7 Å². The van der Waals surface area contributed by atoms with E-state index in [1.165, 1.54) is 18.2 Å². The monoisotopic (exact) mass is 497 g/mol. The highest BCUT2D eigenvalue weighted by Crippen LogP contribution is 2.61. The number of carbonyl (C=O) groups is 1. The molecule has 0 unspecified atom stereocenters. The molecule has 2 bridgehead atoms. The molecule has 4 aliphatic rings. The number of fused-ring (bicyclic) bond motifs is 1. The molecule has 182 valence electrons. The van der Waals surface area contributed by atoms with E-state index in [9.17, 15) is 9.18 Å². The van der Waals surface area contributed by atoms with Crippen LogP contribution in [0.15, 0.2) is 42.7 Å². The van der Waals surface area contributed by atoms with Crippen molar-refractivity contribution in [1.82, 2.24) is 15.3 Å². The Labute approximate surface area is 206 Å². The molecule has 10 heteroatoms. The predicted molar refractivity (Wildman–Crippen MR) is 131 cm³/mol. The summed E-state index contributed by atoms with van der Waals surface area (Å²) in [6.07, 6.45) is 4.16. The molecule has 2 aromatic carbocycles. The van der Waals surface area contributed by atoms with Crippen molar-refractivity contribution in [2.24, 2.45) is 0 Å². The highest BCUT2D eigenvalue weighted by molar-refractivity contribution is 6.30. The molecule has 2 heterocycles. The Balaban J connectivity index is 1.06. The minimum absolute atomic E-state index is 0.0180. The average Bonchev–Trinajstić information content (AvgIpc) is 2.83. The lowest BCUT2D eigenvalue weighted by Gasteiger charge is -2.70. The third-order valence-corrected chi connectivity index (χ3v) is 7.34. The van der Waals surface area contributed by atoms with Crippen molar-refractivity contribution in [3.63, 3.8) is 0 Å². The second-order valence-electron chi connectivity index (χ2n) is 9.66. The molecule has 35 heavy (non-hydrogen) atoms. The molecule has 1 amide bonds. The zero-order valence-corrected chi connectivity index (χ0v) is 19.8. The van der Waals surface area contributed by atoms with Gasteiger partial charge in [0.05, 0.1) is 23.8 Å². The van der Waals surface area contributed by atoms with E-state index in [2.05, 4.69) is 31.6 Å². The summed E-state index contributed by atoms with van der Waals surface area (Å²) in [6.45, 7) is 2.85. The van der Waals surface area contributed by atoms with Crippen LogP contribution in [0.4, 0.5) is 15.9 Å². The van der Waals surface area contributed by atoms with Gasteiger partial charge in [0.25, 0.3) is 5.91 Å². The number of nitrogens with one attached hydrogen (secondary N) is 2. The van der Waals surface area contributed by atoms with Gasteiger partial charge in [-0.3, -0.25) is 4.79 Å². The van der Waals surface area contributed by atoms with Gasteiger partial charge < -0.3 is 25.0 Å². The minimum Gasteiger partial charge on any atom is -0.484 e. The fraction of sp³-hybridized carbons (Fsp3) is 0.400. The van der Waals surface area contributed by atoms with Crippen LogP contribution in [0.2, 0.25) is 5.02 Å². The van der Waals surface area contributed by atoms with Gasteiger partial charge in [0.1, 0.15) is 23.7 Å². The van der Waals surface area contributed by atoms with Crippen LogP contribution in [0, 0.1) is 5.82 Å². The number of hydrogen-bond donors (Lipinski definition) is 2. The summed E-state index contributed by atoms with van der Waals surface area (Å²) in [5, 5.41) is 7.80. The summed E-state index contributed by atoms with van der Waals surface area (Å²) in [7, 11) is 0. The Kier molecular flexibility index (Phi) is 5.41. The number of anilines is 2. The van der Waals surface area contributed by atoms with Gasteiger partial charge in [-0.25, -0.2) is 14.4 Å². The topological polar surface area (TPSA) is 88.6 Å². The number of nitrogens with zero attached hydrogens (tertiary/aromatic N) is 3. The van der Waals surface area contributed by atoms with E-state index in [-0.39, 0.29) is 34.4 Å². The summed E-state index contributed by atoms with van der Waals surface area (Å²) in [5.74, 6) is 0.416. The Morgan fingerprint density at radius 2 is 1.91 bits per heavy atom. The van der Waals surface area contributed by atoms with E-state index in [4.69, 9.17) is 21.1 Å². The average molecular weight is 498 g/mol. The van der Waals surface area contributed by atoms with Crippen LogP contribution < -0.4 is 20.3 Å². The summed E-state index contributed by atoms with van der Waals surface area (Å²) in [5.41, 5.74) is 1.72. The molecule has 7 rings (SSSR count). The lowest BCUT2D eigenvalue weighted by atomic mass is 9.44. The quantitative estimate of drug-likeness (QED) is 0.516. The lowest BCUT2D eigenvalue weighted by molar-refractivity contribution is -0.135. The number of ether oxygens (including phenoxy) is 2. The number of rotatable bonds is 7. The van der Waals surface area contributed by atoms with E-state index in [0.717, 1.165) is 54.8 Å². The summed E-state index contributed by atoms with van der Waals surface area (Å²) < 4.78 is 24.4. The SMILES string of the molecule is O=C(COc1ccc(Cl)c(F)c1)NC12CC(Nc3ccc4ncnc(N5CCOCC5)c4c3)(C1)C2. The smallest absolute Gasteiger partial charge is 0.258 e. The normalized spacial score (nSPS) is 24.9. The highest BCUT2D eigenvalue weighted by Gasteiger charge is 2.68. The molecule has 0 atom stereocenters. The number of morpholine rings is 1. The maximum Gasteiger partial charge on any atom is 0.258 e. The summed E-state index contributed by atoms with van der Waals surface area (Å²) in [6, 6.07) is 10.3. The fourth-order valence-electron chi connectivity index (χ4n) is 5.55. The first-order valence-corrected chi connectivity index (χ1v) is 12.1. The van der Waals surface area contributed by atoms with Crippen LogP contribution in [-0.4, -0.2) is 59.9 Å². The standard InChI is InChI=1S/C25H25ClFN5O3/c26-19-3-2-17(10-20(19)27)35-11-22(33)31-25-12-24(13-25,14-25)30-16-1-4-21-18(9-16)23(29-15-28-21)32-5-7-34-8-6-32/h1-4,9-10,15,30H,5-8,11-14H2,(H,31,33). The highest BCUT2D eigenvalue weighted by atomic mass is 35.5. The zero-order chi connectivity index (χ0) is 24.0. The van der Waals surface area contributed by atoms with Crippen LogP contribution in [-0.2, 0) is 9.53 Å². The molecule has 8 nitrogen and oxygen atoms in total. The van der Waals surface area contributed by atoms with Gasteiger partial charge >= 0.3 is 0 Å². The molecule has 3 aromatic rings. The summed E-state index contributed by atoms with van der Waals surface area (Å²) >= 11 is 5.68. The molecule has 0 radical (unpaired) electrons. The predicted octanol–water partition coefficient (Wildman–Crippen LogP) is 3.54. The molecule has 4 fully saturated rings. The zero-order valence-electron chi connectivity index (χ0n) is 19.0. The largest absolute Gasteiger partial charge is 0.484 e. The van der Waals surface area contributed by atoms with Gasteiger partial charge in [0.2, 0.25) is 0 Å². The third kappa shape index (κ3) is 4.23. The maximum absolute atomic E-state index is 13.5. The van der Waals surface area contributed by atoms with Crippen molar-refractivity contribution in [2.45, 2.75) is 30.3 Å². The van der Waals surface area contributed by atoms with Crippen molar-refractivity contribution >= 4 is 39.9 Å². The molecule has 1 aliphatic heterocycles. The lowest BCUT2D eigenvalue weighted by Crippen LogP contribution is -2.81. The van der Waals surface area contributed by atoms with Gasteiger partial charge in [-0.15, -0.1) is 0 Å². The van der Waals surface area contributed by atoms with Gasteiger partial charge in [-0.1, -0.05) is 11.6 Å². The van der Waals surface area contributed by atoms with E-state index >= 15 is 0 Å². The molecule has 2 N–H and O–H groups in total. The molecular weight excluding hydrogens is 473 g/mol. The molecule has 0 spiro atoms. The third-order valence-electron chi connectivity index (χ3n) is 7.03. The molecular formula is C25H25ClFN5O3. The fourth-order valence-corrected chi connectivity index (χ4v) is 5.67. The van der Waals surface area contributed by atoms with Crippen LogP contribution in [0.5, 0.6) is 5.75 Å². The van der Waals surface area contributed by atoms with Gasteiger partial charge in [-0.05, 0) is 49.6 Å². The van der Waals surface area contributed by atoms with Crippen molar-refractivity contribution in [1.29, 1.82) is 0 Å². The first-order chi connectivity index (χ1) is 16.9.